The van der Waals surface area contributed by atoms with Gasteiger partial charge in [-0.05, 0) is 46.5 Å². The third-order valence-electron chi connectivity index (χ3n) is 4.13. The molecule has 1 saturated carbocycles. The Morgan fingerprint density at radius 2 is 1.72 bits per heavy atom. The Kier molecular flexibility index (Phi) is 10.3. The summed E-state index contributed by atoms with van der Waals surface area (Å²) in [4.78, 5) is 34.7. The van der Waals surface area contributed by atoms with Crippen molar-refractivity contribution in [2.75, 3.05) is 26.4 Å². The first kappa shape index (κ1) is 21.6. The number of hydrogen-bond acceptors (Lipinski definition) is 5. The Labute approximate surface area is 150 Å². The minimum atomic E-state index is -0.0585. The lowest BCUT2D eigenvalue weighted by Crippen LogP contribution is -2.41. The predicted molar refractivity (Wildman–Crippen MR) is 94.1 cm³/mol. The molecule has 0 bridgehead atoms. The average Bonchev–Trinajstić information content (AvgIpc) is 2.56. The van der Waals surface area contributed by atoms with E-state index in [1.807, 2.05) is 13.8 Å². The van der Waals surface area contributed by atoms with Gasteiger partial charge in [0.2, 0.25) is 11.8 Å². The number of amides is 2. The highest BCUT2D eigenvalue weighted by atomic mass is 16.5. The van der Waals surface area contributed by atoms with Crippen LogP contribution in [0.1, 0.15) is 52.9 Å². The fraction of sp³-hybridized carbons (Fsp3) is 0.833. The van der Waals surface area contributed by atoms with Crippen molar-refractivity contribution in [2.24, 2.45) is 5.92 Å². The molecule has 1 rings (SSSR count). The summed E-state index contributed by atoms with van der Waals surface area (Å²) in [5, 5.41) is 5.66. The van der Waals surface area contributed by atoms with E-state index in [0.29, 0.717) is 26.2 Å². The second-order valence-electron chi connectivity index (χ2n) is 6.82. The number of Topliss-reactive ketones (excluding diaryl/α,β-unsaturated/α-hetero) is 1. The topological polar surface area (TPSA) is 93.7 Å². The van der Waals surface area contributed by atoms with Gasteiger partial charge in [0, 0.05) is 18.4 Å². The molecule has 7 nitrogen and oxygen atoms in total. The number of nitrogens with one attached hydrogen (secondary N) is 2. The van der Waals surface area contributed by atoms with Crippen molar-refractivity contribution >= 4 is 17.6 Å². The highest BCUT2D eigenvalue weighted by Crippen LogP contribution is 2.24. The van der Waals surface area contributed by atoms with Crippen LogP contribution in [0.4, 0.5) is 0 Å². The van der Waals surface area contributed by atoms with E-state index in [-0.39, 0.29) is 42.2 Å². The molecule has 0 aromatic carbocycles. The van der Waals surface area contributed by atoms with E-state index in [4.69, 9.17) is 9.47 Å². The molecule has 0 spiro atoms. The van der Waals surface area contributed by atoms with E-state index < -0.39 is 0 Å². The van der Waals surface area contributed by atoms with Gasteiger partial charge in [0.1, 0.15) is 5.78 Å². The zero-order valence-corrected chi connectivity index (χ0v) is 15.6. The van der Waals surface area contributed by atoms with Gasteiger partial charge in [-0.2, -0.15) is 0 Å². The molecule has 7 heteroatoms. The minimum Gasteiger partial charge on any atom is -0.379 e. The lowest BCUT2D eigenvalue weighted by atomic mass is 9.85. The summed E-state index contributed by atoms with van der Waals surface area (Å²) in [7, 11) is 0. The first-order chi connectivity index (χ1) is 11.9. The molecule has 0 saturated heterocycles. The van der Waals surface area contributed by atoms with Crippen LogP contribution in [-0.2, 0) is 23.9 Å². The van der Waals surface area contributed by atoms with Crippen molar-refractivity contribution in [3.63, 3.8) is 0 Å². The van der Waals surface area contributed by atoms with E-state index in [1.54, 1.807) is 0 Å². The monoisotopic (exact) mass is 356 g/mol. The van der Waals surface area contributed by atoms with Gasteiger partial charge in [-0.1, -0.05) is 0 Å². The lowest BCUT2D eigenvalue weighted by molar-refractivity contribution is -0.128. The van der Waals surface area contributed by atoms with Crippen LogP contribution in [0.15, 0.2) is 0 Å². The summed E-state index contributed by atoms with van der Waals surface area (Å²) < 4.78 is 10.7. The fourth-order valence-electron chi connectivity index (χ4n) is 2.77. The summed E-state index contributed by atoms with van der Waals surface area (Å²) >= 11 is 0. The third-order valence-corrected chi connectivity index (χ3v) is 4.13. The fourth-order valence-corrected chi connectivity index (χ4v) is 2.77. The summed E-state index contributed by atoms with van der Waals surface area (Å²) in [5.74, 6) is -0.185. The second-order valence-corrected chi connectivity index (χ2v) is 6.82. The molecule has 0 heterocycles. The van der Waals surface area contributed by atoms with Gasteiger partial charge < -0.3 is 20.1 Å². The SMILES string of the molecule is CC(=O)CNC(=O)C1CCC(NC(=O)CCOCCOC(C)C)CC1. The van der Waals surface area contributed by atoms with Crippen molar-refractivity contribution in [3.8, 4) is 0 Å². The lowest BCUT2D eigenvalue weighted by Gasteiger charge is -2.28. The predicted octanol–water partition coefficient (Wildman–Crippen LogP) is 1.20. The van der Waals surface area contributed by atoms with Crippen molar-refractivity contribution in [1.82, 2.24) is 10.6 Å². The van der Waals surface area contributed by atoms with Crippen LogP contribution in [0.3, 0.4) is 0 Å². The van der Waals surface area contributed by atoms with Crippen LogP contribution < -0.4 is 10.6 Å². The van der Waals surface area contributed by atoms with Crippen LogP contribution in [0.5, 0.6) is 0 Å². The summed E-state index contributed by atoms with van der Waals surface area (Å²) in [6.07, 6.45) is 3.56. The van der Waals surface area contributed by atoms with Crippen LogP contribution >= 0.6 is 0 Å². The minimum absolute atomic E-state index is 0.0192. The Balaban J connectivity index is 2.10. The van der Waals surface area contributed by atoms with Gasteiger partial charge in [-0.15, -0.1) is 0 Å². The molecule has 0 atom stereocenters. The molecule has 1 fully saturated rings. The number of ketones is 1. The molecule has 0 radical (unpaired) electrons. The van der Waals surface area contributed by atoms with E-state index in [9.17, 15) is 14.4 Å². The van der Waals surface area contributed by atoms with Crippen LogP contribution in [0, 0.1) is 5.92 Å². The zero-order chi connectivity index (χ0) is 18.7. The van der Waals surface area contributed by atoms with Gasteiger partial charge in [0.25, 0.3) is 0 Å². The van der Waals surface area contributed by atoms with Crippen molar-refractivity contribution in [3.05, 3.63) is 0 Å². The summed E-state index contributed by atoms with van der Waals surface area (Å²) in [6.45, 7) is 6.90. The summed E-state index contributed by atoms with van der Waals surface area (Å²) in [6, 6.07) is 0.119. The van der Waals surface area contributed by atoms with Gasteiger partial charge in [0.15, 0.2) is 0 Å². The van der Waals surface area contributed by atoms with Gasteiger partial charge in [0.05, 0.1) is 32.5 Å². The molecule has 25 heavy (non-hydrogen) atoms. The molecular weight excluding hydrogens is 324 g/mol. The second kappa shape index (κ2) is 12.0. The molecule has 144 valence electrons. The number of carbonyl (C=O) groups excluding carboxylic acids is 3. The normalized spacial score (nSPS) is 20.3. The van der Waals surface area contributed by atoms with Crippen molar-refractivity contribution in [2.45, 2.75) is 65.0 Å². The van der Waals surface area contributed by atoms with E-state index >= 15 is 0 Å². The quantitative estimate of drug-likeness (QED) is 0.543. The number of ether oxygens (including phenoxy) is 2. The Morgan fingerprint density at radius 1 is 1.04 bits per heavy atom. The first-order valence-corrected chi connectivity index (χ1v) is 9.14. The van der Waals surface area contributed by atoms with Gasteiger partial charge in [-0.25, -0.2) is 0 Å². The van der Waals surface area contributed by atoms with Gasteiger partial charge in [-0.3, -0.25) is 14.4 Å². The molecule has 0 aliphatic heterocycles. The molecule has 0 aromatic heterocycles. The highest BCUT2D eigenvalue weighted by molar-refractivity contribution is 5.85. The molecule has 0 aromatic rings. The Hall–Kier alpha value is -1.47. The number of carbonyl (C=O) groups is 3. The van der Waals surface area contributed by atoms with Crippen LogP contribution in [-0.4, -0.2) is 56.1 Å². The molecule has 1 aliphatic carbocycles. The van der Waals surface area contributed by atoms with Crippen LogP contribution in [0.2, 0.25) is 0 Å². The molecule has 0 unspecified atom stereocenters. The van der Waals surface area contributed by atoms with Crippen molar-refractivity contribution < 1.29 is 23.9 Å². The average molecular weight is 356 g/mol. The summed E-state index contributed by atoms with van der Waals surface area (Å²) in [5.41, 5.74) is 0. The maximum Gasteiger partial charge on any atom is 0.223 e. The molecule has 2 amide bonds. The zero-order valence-electron chi connectivity index (χ0n) is 15.6. The van der Waals surface area contributed by atoms with Crippen molar-refractivity contribution in [1.29, 1.82) is 0 Å². The number of hydrogen-bond donors (Lipinski definition) is 2. The Morgan fingerprint density at radius 3 is 2.32 bits per heavy atom. The van der Waals surface area contributed by atoms with Crippen LogP contribution in [0.25, 0.3) is 0 Å². The standard InChI is InChI=1S/C18H32N2O5/c1-13(2)25-11-10-24-9-8-17(22)20-16-6-4-15(5-7-16)18(23)19-12-14(3)21/h13,15-16H,4-12H2,1-3H3,(H,19,23)(H,20,22). The largest absolute Gasteiger partial charge is 0.379 e. The molecule has 1 aliphatic rings. The van der Waals surface area contributed by atoms with E-state index in [0.717, 1.165) is 25.7 Å². The maximum atomic E-state index is 11.9. The van der Waals surface area contributed by atoms with Gasteiger partial charge >= 0.3 is 0 Å². The smallest absolute Gasteiger partial charge is 0.223 e. The molecular formula is C18H32N2O5. The number of rotatable bonds is 11. The highest BCUT2D eigenvalue weighted by Gasteiger charge is 2.26. The maximum absolute atomic E-state index is 11.9. The third kappa shape index (κ3) is 10.2. The first-order valence-electron chi connectivity index (χ1n) is 9.14. The molecule has 2 N–H and O–H groups in total. The Bertz CT molecular complexity index is 431. The van der Waals surface area contributed by atoms with E-state index in [2.05, 4.69) is 10.6 Å². The van der Waals surface area contributed by atoms with E-state index in [1.165, 1.54) is 6.92 Å².